The minimum atomic E-state index is -0.530. The highest BCUT2D eigenvalue weighted by atomic mass is 16.5. The predicted octanol–water partition coefficient (Wildman–Crippen LogP) is 4.32. The molecule has 0 saturated heterocycles. The fraction of sp³-hybridized carbons (Fsp3) is 0.316. The maximum atomic E-state index is 9.62. The lowest BCUT2D eigenvalue weighted by Crippen LogP contribution is -2.31. The van der Waals surface area contributed by atoms with Crippen LogP contribution in [0.4, 0.5) is 0 Å². The average molecular weight is 279 g/mol. The second-order valence-corrected chi connectivity index (χ2v) is 5.58. The third-order valence-electron chi connectivity index (χ3n) is 4.07. The quantitative estimate of drug-likeness (QED) is 0.789. The Kier molecular flexibility index (Phi) is 5.14. The summed E-state index contributed by atoms with van der Waals surface area (Å²) in [4.78, 5) is 0. The van der Waals surface area contributed by atoms with E-state index >= 15 is 0 Å². The number of benzene rings is 2. The molecule has 2 heteroatoms. The zero-order chi connectivity index (χ0) is 15.1. The molecule has 0 N–H and O–H groups in total. The largest absolute Gasteiger partial charge is 0.376 e. The van der Waals surface area contributed by atoms with E-state index < -0.39 is 5.41 Å². The molecular formula is C19H21NO. The third kappa shape index (κ3) is 3.71. The molecule has 0 aliphatic heterocycles. The van der Waals surface area contributed by atoms with Crippen LogP contribution in [0.1, 0.15) is 25.0 Å². The number of nitrogens with zero attached hydrogens (tertiary/aromatic N) is 1. The van der Waals surface area contributed by atoms with E-state index in [1.165, 1.54) is 0 Å². The van der Waals surface area contributed by atoms with Gasteiger partial charge in [0.2, 0.25) is 0 Å². The summed E-state index contributed by atoms with van der Waals surface area (Å²) >= 11 is 0. The van der Waals surface area contributed by atoms with Crippen molar-refractivity contribution in [3.63, 3.8) is 0 Å². The van der Waals surface area contributed by atoms with Crippen LogP contribution >= 0.6 is 0 Å². The van der Waals surface area contributed by atoms with E-state index in [1.54, 1.807) is 0 Å². The maximum absolute atomic E-state index is 9.62. The van der Waals surface area contributed by atoms with E-state index in [-0.39, 0.29) is 5.92 Å². The van der Waals surface area contributed by atoms with Crippen molar-refractivity contribution >= 4 is 0 Å². The first kappa shape index (κ1) is 15.3. The highest BCUT2D eigenvalue weighted by Crippen LogP contribution is 2.31. The van der Waals surface area contributed by atoms with E-state index in [4.69, 9.17) is 4.74 Å². The summed E-state index contributed by atoms with van der Waals surface area (Å²) in [5.74, 6) is 0.119. The van der Waals surface area contributed by atoms with Crippen LogP contribution in [-0.4, -0.2) is 6.61 Å². The van der Waals surface area contributed by atoms with Crippen molar-refractivity contribution in [1.29, 1.82) is 5.26 Å². The van der Waals surface area contributed by atoms with E-state index in [2.05, 4.69) is 13.0 Å². The van der Waals surface area contributed by atoms with Crippen LogP contribution in [0, 0.1) is 17.2 Å². The van der Waals surface area contributed by atoms with E-state index in [9.17, 15) is 5.26 Å². The van der Waals surface area contributed by atoms with Gasteiger partial charge in [-0.2, -0.15) is 5.26 Å². The number of ether oxygens (including phenoxy) is 1. The van der Waals surface area contributed by atoms with Gasteiger partial charge in [-0.25, -0.2) is 0 Å². The second-order valence-electron chi connectivity index (χ2n) is 5.58. The minimum absolute atomic E-state index is 0.119. The molecule has 108 valence electrons. The Morgan fingerprint density at radius 3 is 2.19 bits per heavy atom. The molecular weight excluding hydrogens is 258 g/mol. The van der Waals surface area contributed by atoms with E-state index in [1.807, 2.05) is 67.6 Å². The van der Waals surface area contributed by atoms with Gasteiger partial charge in [-0.15, -0.1) is 0 Å². The summed E-state index contributed by atoms with van der Waals surface area (Å²) in [6, 6.07) is 22.5. The molecule has 0 aliphatic rings. The maximum Gasteiger partial charge on any atom is 0.0841 e. The molecule has 0 radical (unpaired) electrons. The molecule has 0 saturated carbocycles. The first-order valence-corrected chi connectivity index (χ1v) is 7.25. The molecule has 0 spiro atoms. The standard InChI is InChI=1S/C19H21NO/c1-16(13-21-14-17-9-5-3-6-10-17)19(2,15-20)18-11-7-4-8-12-18/h3-12,16H,13-14H2,1-2H3. The smallest absolute Gasteiger partial charge is 0.0841 e. The highest BCUT2D eigenvalue weighted by Gasteiger charge is 2.33. The summed E-state index contributed by atoms with van der Waals surface area (Å²) in [6.45, 7) is 5.20. The van der Waals surface area contributed by atoms with E-state index in [0.717, 1.165) is 11.1 Å². The highest BCUT2D eigenvalue weighted by molar-refractivity contribution is 5.32. The van der Waals surface area contributed by atoms with Crippen LogP contribution in [0.3, 0.4) is 0 Å². The SMILES string of the molecule is CC(COCc1ccccc1)C(C)(C#N)c1ccccc1. The fourth-order valence-electron chi connectivity index (χ4n) is 2.34. The number of hydrogen-bond acceptors (Lipinski definition) is 2. The van der Waals surface area contributed by atoms with E-state index in [0.29, 0.717) is 13.2 Å². The van der Waals surface area contributed by atoms with Gasteiger partial charge in [0.25, 0.3) is 0 Å². The van der Waals surface area contributed by atoms with Crippen molar-refractivity contribution in [2.45, 2.75) is 25.9 Å². The molecule has 0 bridgehead atoms. The fourth-order valence-corrected chi connectivity index (χ4v) is 2.34. The molecule has 2 rings (SSSR count). The third-order valence-corrected chi connectivity index (χ3v) is 4.07. The average Bonchev–Trinajstić information content (AvgIpc) is 2.55. The molecule has 0 fully saturated rings. The molecule has 0 heterocycles. The number of hydrogen-bond donors (Lipinski definition) is 0. The van der Waals surface area contributed by atoms with Crippen molar-refractivity contribution in [2.75, 3.05) is 6.61 Å². The molecule has 0 aliphatic carbocycles. The minimum Gasteiger partial charge on any atom is -0.376 e. The van der Waals surface area contributed by atoms with Gasteiger partial charge >= 0.3 is 0 Å². The molecule has 2 unspecified atom stereocenters. The van der Waals surface area contributed by atoms with Gasteiger partial charge in [-0.05, 0) is 18.1 Å². The summed E-state index contributed by atoms with van der Waals surface area (Å²) in [5.41, 5.74) is 1.67. The van der Waals surface area contributed by atoms with Gasteiger partial charge in [-0.1, -0.05) is 67.6 Å². The summed E-state index contributed by atoms with van der Waals surface area (Å²) in [7, 11) is 0. The normalized spacial score (nSPS) is 14.9. The van der Waals surface area contributed by atoms with Crippen molar-refractivity contribution in [2.24, 2.45) is 5.92 Å². The van der Waals surface area contributed by atoms with Crippen molar-refractivity contribution in [3.05, 3.63) is 71.8 Å². The van der Waals surface area contributed by atoms with Crippen molar-refractivity contribution in [3.8, 4) is 6.07 Å². The van der Waals surface area contributed by atoms with Crippen LogP contribution in [0.25, 0.3) is 0 Å². The molecule has 2 aromatic rings. The number of rotatable bonds is 6. The first-order valence-electron chi connectivity index (χ1n) is 7.25. The van der Waals surface area contributed by atoms with Crippen LogP contribution in [0.5, 0.6) is 0 Å². The van der Waals surface area contributed by atoms with Crippen molar-refractivity contribution < 1.29 is 4.74 Å². The zero-order valence-corrected chi connectivity index (χ0v) is 12.6. The van der Waals surface area contributed by atoms with Crippen LogP contribution in [0.2, 0.25) is 0 Å². The van der Waals surface area contributed by atoms with Gasteiger partial charge < -0.3 is 4.74 Å². The van der Waals surface area contributed by atoms with Gasteiger partial charge in [0.15, 0.2) is 0 Å². The van der Waals surface area contributed by atoms with Gasteiger partial charge in [-0.3, -0.25) is 0 Å². The Morgan fingerprint density at radius 2 is 1.62 bits per heavy atom. The van der Waals surface area contributed by atoms with Crippen LogP contribution < -0.4 is 0 Å². The summed E-state index contributed by atoms with van der Waals surface area (Å²) < 4.78 is 5.80. The van der Waals surface area contributed by atoms with Gasteiger partial charge in [0.05, 0.1) is 24.7 Å². The van der Waals surface area contributed by atoms with Crippen LogP contribution in [0.15, 0.2) is 60.7 Å². The molecule has 0 amide bonds. The molecule has 2 nitrogen and oxygen atoms in total. The van der Waals surface area contributed by atoms with Gasteiger partial charge in [0.1, 0.15) is 0 Å². The molecule has 2 atom stereocenters. The second kappa shape index (κ2) is 7.06. The zero-order valence-electron chi connectivity index (χ0n) is 12.6. The van der Waals surface area contributed by atoms with Gasteiger partial charge in [0, 0.05) is 5.92 Å². The lowest BCUT2D eigenvalue weighted by Gasteiger charge is -2.29. The molecule has 0 aromatic heterocycles. The predicted molar refractivity (Wildman–Crippen MR) is 84.7 cm³/mol. The first-order chi connectivity index (χ1) is 10.2. The Balaban J connectivity index is 1.98. The molecule has 2 aromatic carbocycles. The monoisotopic (exact) mass is 279 g/mol. The topological polar surface area (TPSA) is 33.0 Å². The Morgan fingerprint density at radius 1 is 1.05 bits per heavy atom. The Labute approximate surface area is 127 Å². The van der Waals surface area contributed by atoms with Crippen molar-refractivity contribution in [1.82, 2.24) is 0 Å². The Bertz CT molecular complexity index is 588. The lowest BCUT2D eigenvalue weighted by molar-refractivity contribution is 0.0758. The summed E-state index contributed by atoms with van der Waals surface area (Å²) in [6.07, 6.45) is 0. The Hall–Kier alpha value is -2.11. The summed E-state index contributed by atoms with van der Waals surface area (Å²) in [5, 5.41) is 9.62. The van der Waals surface area contributed by atoms with Crippen LogP contribution in [-0.2, 0) is 16.8 Å². The number of nitriles is 1. The lowest BCUT2D eigenvalue weighted by atomic mass is 9.74. The molecule has 21 heavy (non-hydrogen) atoms.